The maximum Gasteiger partial charge on any atom is 0.294 e. The number of halogens is 1. The molecule has 3 amide bonds. The summed E-state index contributed by atoms with van der Waals surface area (Å²) < 4.78 is 24.4. The van der Waals surface area contributed by atoms with Crippen LogP contribution in [0, 0.1) is 5.82 Å². The monoisotopic (exact) mass is 430 g/mol. The zero-order valence-electron chi connectivity index (χ0n) is 16.1. The second-order valence-electron chi connectivity index (χ2n) is 6.29. The fourth-order valence-electron chi connectivity index (χ4n) is 2.69. The van der Waals surface area contributed by atoms with Crippen LogP contribution in [0.2, 0.25) is 0 Å². The zero-order valence-corrected chi connectivity index (χ0v) is 16.9. The number of imide groups is 1. The van der Waals surface area contributed by atoms with Crippen molar-refractivity contribution in [1.29, 1.82) is 0 Å². The van der Waals surface area contributed by atoms with E-state index in [2.05, 4.69) is 0 Å². The number of carbonyl (C=O) groups excluding carboxylic acids is 3. The summed E-state index contributed by atoms with van der Waals surface area (Å²) in [5, 5.41) is -0.547. The van der Waals surface area contributed by atoms with E-state index in [0.717, 1.165) is 22.2 Å². The minimum atomic E-state index is -0.764. The van der Waals surface area contributed by atoms with Gasteiger partial charge in [-0.2, -0.15) is 0 Å². The Bertz CT molecular complexity index is 1010. The lowest BCUT2D eigenvalue weighted by Gasteiger charge is -2.13. The lowest BCUT2D eigenvalue weighted by molar-refractivity contribution is -0.127. The SMILES string of the molecule is CCOc1cc(/C=C2\SC(=O)N(CC(N)=O)C2=O)ccc1OCc1ccc(F)cc1. The number of hydrogen-bond donors (Lipinski definition) is 1. The molecule has 2 aromatic carbocycles. The summed E-state index contributed by atoms with van der Waals surface area (Å²) in [6.45, 7) is 1.99. The molecule has 9 heteroatoms. The molecular formula is C21H19FN2O5S. The number of rotatable bonds is 8. The van der Waals surface area contributed by atoms with Crippen molar-refractivity contribution in [2.45, 2.75) is 13.5 Å². The average molecular weight is 430 g/mol. The Balaban J connectivity index is 1.78. The topological polar surface area (TPSA) is 98.9 Å². The molecule has 1 aliphatic rings. The van der Waals surface area contributed by atoms with E-state index < -0.39 is 23.6 Å². The maximum absolute atomic E-state index is 13.0. The van der Waals surface area contributed by atoms with Crippen molar-refractivity contribution in [2.75, 3.05) is 13.2 Å². The summed E-state index contributed by atoms with van der Waals surface area (Å²) in [5.41, 5.74) is 6.50. The molecule has 0 spiro atoms. The van der Waals surface area contributed by atoms with Gasteiger partial charge >= 0.3 is 0 Å². The fraction of sp³-hybridized carbons (Fsp3) is 0.190. The van der Waals surface area contributed by atoms with Crippen molar-refractivity contribution < 1.29 is 28.2 Å². The molecule has 0 saturated carbocycles. The van der Waals surface area contributed by atoms with Crippen LogP contribution in [0.25, 0.3) is 6.08 Å². The third-order valence-electron chi connectivity index (χ3n) is 4.06. The molecule has 0 atom stereocenters. The fourth-order valence-corrected chi connectivity index (χ4v) is 3.53. The summed E-state index contributed by atoms with van der Waals surface area (Å²) in [7, 11) is 0. The molecule has 1 saturated heterocycles. The van der Waals surface area contributed by atoms with E-state index in [0.29, 0.717) is 23.7 Å². The third kappa shape index (κ3) is 5.18. The van der Waals surface area contributed by atoms with Gasteiger partial charge in [0.2, 0.25) is 5.91 Å². The quantitative estimate of drug-likeness (QED) is 0.645. The number of carbonyl (C=O) groups is 3. The predicted molar refractivity (Wildman–Crippen MR) is 110 cm³/mol. The summed E-state index contributed by atoms with van der Waals surface area (Å²) >= 11 is 0.739. The molecule has 0 aromatic heterocycles. The maximum atomic E-state index is 13.0. The Labute approximate surface area is 176 Å². The van der Waals surface area contributed by atoms with Gasteiger partial charge in [-0.1, -0.05) is 18.2 Å². The molecule has 1 heterocycles. The number of benzene rings is 2. The molecule has 0 unspecified atom stereocenters. The molecular weight excluding hydrogens is 411 g/mol. The van der Waals surface area contributed by atoms with Gasteiger partial charge in [0.05, 0.1) is 11.5 Å². The van der Waals surface area contributed by atoms with E-state index in [4.69, 9.17) is 15.2 Å². The Morgan fingerprint density at radius 3 is 2.53 bits per heavy atom. The first-order chi connectivity index (χ1) is 14.4. The van der Waals surface area contributed by atoms with Crippen LogP contribution in [0.5, 0.6) is 11.5 Å². The third-order valence-corrected chi connectivity index (χ3v) is 4.97. The van der Waals surface area contributed by atoms with Crippen molar-refractivity contribution in [2.24, 2.45) is 5.73 Å². The Morgan fingerprint density at radius 2 is 1.87 bits per heavy atom. The van der Waals surface area contributed by atoms with Crippen molar-refractivity contribution >= 4 is 34.9 Å². The van der Waals surface area contributed by atoms with Crippen LogP contribution in [-0.4, -0.2) is 35.1 Å². The van der Waals surface area contributed by atoms with Crippen molar-refractivity contribution in [1.82, 2.24) is 4.90 Å². The Morgan fingerprint density at radius 1 is 1.13 bits per heavy atom. The van der Waals surface area contributed by atoms with E-state index in [9.17, 15) is 18.8 Å². The summed E-state index contributed by atoms with van der Waals surface area (Å²) in [6, 6.07) is 11.1. The molecule has 0 radical (unpaired) electrons. The largest absolute Gasteiger partial charge is 0.490 e. The Kier molecular flexibility index (Phi) is 6.73. The van der Waals surface area contributed by atoms with E-state index >= 15 is 0 Å². The number of nitrogens with zero attached hydrogens (tertiary/aromatic N) is 1. The van der Waals surface area contributed by atoms with Gasteiger partial charge < -0.3 is 15.2 Å². The first-order valence-electron chi connectivity index (χ1n) is 9.05. The normalized spacial score (nSPS) is 15.0. The van der Waals surface area contributed by atoms with Gasteiger partial charge in [-0.3, -0.25) is 19.3 Å². The van der Waals surface area contributed by atoms with Gasteiger partial charge in [-0.05, 0) is 60.2 Å². The average Bonchev–Trinajstić information content (AvgIpc) is 2.96. The zero-order chi connectivity index (χ0) is 21.7. The van der Waals surface area contributed by atoms with Gasteiger partial charge in [0.15, 0.2) is 11.5 Å². The van der Waals surface area contributed by atoms with Gasteiger partial charge in [-0.15, -0.1) is 0 Å². The highest BCUT2D eigenvalue weighted by Gasteiger charge is 2.35. The van der Waals surface area contributed by atoms with Crippen LogP contribution in [-0.2, 0) is 16.2 Å². The highest BCUT2D eigenvalue weighted by Crippen LogP contribution is 2.34. The summed E-state index contributed by atoms with van der Waals surface area (Å²) in [4.78, 5) is 36.3. The van der Waals surface area contributed by atoms with Crippen LogP contribution >= 0.6 is 11.8 Å². The number of nitrogens with two attached hydrogens (primary N) is 1. The molecule has 0 bridgehead atoms. The molecule has 30 heavy (non-hydrogen) atoms. The number of hydrogen-bond acceptors (Lipinski definition) is 6. The lowest BCUT2D eigenvalue weighted by Crippen LogP contribution is -2.36. The van der Waals surface area contributed by atoms with E-state index in [1.807, 2.05) is 6.92 Å². The van der Waals surface area contributed by atoms with Crippen molar-refractivity contribution in [3.63, 3.8) is 0 Å². The van der Waals surface area contributed by atoms with E-state index in [1.54, 1.807) is 30.3 Å². The molecule has 0 aliphatic carbocycles. The van der Waals surface area contributed by atoms with Crippen LogP contribution in [0.15, 0.2) is 47.4 Å². The minimum Gasteiger partial charge on any atom is -0.490 e. The second-order valence-corrected chi connectivity index (χ2v) is 7.28. The van der Waals surface area contributed by atoms with Crippen molar-refractivity contribution in [3.8, 4) is 11.5 Å². The second kappa shape index (κ2) is 9.45. The molecule has 2 aromatic rings. The standard InChI is InChI=1S/C21H19FN2O5S/c1-2-28-17-9-14(10-18-20(26)24(11-19(23)25)21(27)30-18)5-8-16(17)29-12-13-3-6-15(22)7-4-13/h3-10H,2,11-12H2,1H3,(H2,23,25)/b18-10-. The van der Waals surface area contributed by atoms with Crippen molar-refractivity contribution in [3.05, 3.63) is 64.3 Å². The number of ether oxygens (including phenoxy) is 2. The molecule has 3 rings (SSSR count). The molecule has 1 fully saturated rings. The Hall–Kier alpha value is -3.33. The molecule has 7 nitrogen and oxygen atoms in total. The summed E-state index contributed by atoms with van der Waals surface area (Å²) in [5.74, 6) is -0.707. The first kappa shape index (κ1) is 21.4. The van der Waals surface area contributed by atoms with Gasteiger partial charge in [0.25, 0.3) is 11.1 Å². The smallest absolute Gasteiger partial charge is 0.294 e. The van der Waals surface area contributed by atoms with Crippen LogP contribution in [0.1, 0.15) is 18.1 Å². The highest BCUT2D eigenvalue weighted by molar-refractivity contribution is 8.18. The lowest BCUT2D eigenvalue weighted by atomic mass is 10.1. The predicted octanol–water partition coefficient (Wildman–Crippen LogP) is 3.33. The minimum absolute atomic E-state index is 0.184. The van der Waals surface area contributed by atoms with Gasteiger partial charge in [-0.25, -0.2) is 4.39 Å². The van der Waals surface area contributed by atoms with Crippen LogP contribution in [0.4, 0.5) is 9.18 Å². The molecule has 156 valence electrons. The number of amides is 3. The highest BCUT2D eigenvalue weighted by atomic mass is 32.2. The van der Waals surface area contributed by atoms with E-state index in [-0.39, 0.29) is 17.3 Å². The molecule has 1 aliphatic heterocycles. The number of primary amides is 1. The van der Waals surface area contributed by atoms with Gasteiger partial charge in [0.1, 0.15) is 19.0 Å². The van der Waals surface area contributed by atoms with E-state index in [1.165, 1.54) is 18.2 Å². The van der Waals surface area contributed by atoms with Crippen LogP contribution < -0.4 is 15.2 Å². The molecule has 2 N–H and O–H groups in total. The van der Waals surface area contributed by atoms with Crippen LogP contribution in [0.3, 0.4) is 0 Å². The van der Waals surface area contributed by atoms with Gasteiger partial charge in [0, 0.05) is 0 Å². The number of thioether (sulfide) groups is 1. The first-order valence-corrected chi connectivity index (χ1v) is 9.86. The summed E-state index contributed by atoms with van der Waals surface area (Å²) in [6.07, 6.45) is 1.54.